The van der Waals surface area contributed by atoms with E-state index < -0.39 is 0 Å². The SMILES string of the molecule is CCCCCC(O)CC[C@@H]1[C@@H](CCCCCCC(=O)OCC)[C@@H](O)C[C@H]1OC(C)(C)C. The third-order valence-electron chi connectivity index (χ3n) is 6.45. The zero-order chi connectivity index (χ0) is 23.3. The predicted octanol–water partition coefficient (Wildman–Crippen LogP) is 5.79. The van der Waals surface area contributed by atoms with Crippen LogP contribution < -0.4 is 0 Å². The summed E-state index contributed by atoms with van der Waals surface area (Å²) in [5.74, 6) is 0.434. The maximum Gasteiger partial charge on any atom is 0.305 e. The maximum absolute atomic E-state index is 11.4. The highest BCUT2D eigenvalue weighted by molar-refractivity contribution is 5.69. The van der Waals surface area contributed by atoms with Gasteiger partial charge in [0.05, 0.1) is 30.5 Å². The van der Waals surface area contributed by atoms with Crippen molar-refractivity contribution >= 4 is 5.97 Å². The summed E-state index contributed by atoms with van der Waals surface area (Å²) in [4.78, 5) is 11.4. The molecule has 0 heterocycles. The molecule has 1 aliphatic rings. The van der Waals surface area contributed by atoms with Crippen LogP contribution in [0.2, 0.25) is 0 Å². The molecule has 0 aromatic carbocycles. The number of aliphatic hydroxyl groups excluding tert-OH is 2. The van der Waals surface area contributed by atoms with Crippen molar-refractivity contribution in [3.8, 4) is 0 Å². The van der Waals surface area contributed by atoms with Crippen molar-refractivity contribution in [3.05, 3.63) is 0 Å². The molecule has 1 unspecified atom stereocenters. The Bertz CT molecular complexity index is 473. The highest BCUT2D eigenvalue weighted by atomic mass is 16.5. The number of hydrogen-bond donors (Lipinski definition) is 2. The molecule has 1 saturated carbocycles. The lowest BCUT2D eigenvalue weighted by atomic mass is 9.84. The number of aliphatic hydroxyl groups is 2. The fourth-order valence-corrected chi connectivity index (χ4v) is 4.94. The first-order valence-electron chi connectivity index (χ1n) is 12.9. The first-order chi connectivity index (χ1) is 14.7. The van der Waals surface area contributed by atoms with E-state index in [2.05, 4.69) is 27.7 Å². The van der Waals surface area contributed by atoms with Gasteiger partial charge < -0.3 is 19.7 Å². The summed E-state index contributed by atoms with van der Waals surface area (Å²) in [6, 6.07) is 0. The second-order valence-corrected chi connectivity index (χ2v) is 10.4. The Hall–Kier alpha value is -0.650. The van der Waals surface area contributed by atoms with Gasteiger partial charge >= 0.3 is 5.97 Å². The summed E-state index contributed by atoms with van der Waals surface area (Å²) in [5, 5.41) is 21.2. The summed E-state index contributed by atoms with van der Waals surface area (Å²) >= 11 is 0. The van der Waals surface area contributed by atoms with Crippen LogP contribution in [-0.4, -0.2) is 46.7 Å². The minimum absolute atomic E-state index is 0.0617. The molecular formula is C26H50O5. The number of ether oxygens (including phenoxy) is 2. The molecule has 0 aliphatic heterocycles. The van der Waals surface area contributed by atoms with E-state index in [1.165, 1.54) is 12.8 Å². The second-order valence-electron chi connectivity index (χ2n) is 10.4. The Kier molecular flexibility index (Phi) is 13.9. The Labute approximate surface area is 191 Å². The number of rotatable bonds is 16. The highest BCUT2D eigenvalue weighted by Gasteiger charge is 2.43. The van der Waals surface area contributed by atoms with Crippen LogP contribution in [0.5, 0.6) is 0 Å². The standard InChI is InChI=1S/C26H50O5/c1-6-8-11-14-20(27)17-18-22-21(23(28)19-24(22)31-26(3,4)5)15-12-9-10-13-16-25(29)30-7-2/h20-24,27-28H,6-19H2,1-5H3/t20?,21-,22-,23+,24-/m1/s1. The normalized spacial score (nSPS) is 25.0. The number of carbonyl (C=O) groups is 1. The lowest BCUT2D eigenvalue weighted by Gasteiger charge is -2.31. The molecular weight excluding hydrogens is 392 g/mol. The molecule has 5 heteroatoms. The van der Waals surface area contributed by atoms with Gasteiger partial charge in [-0.2, -0.15) is 0 Å². The zero-order valence-corrected chi connectivity index (χ0v) is 20.9. The van der Waals surface area contributed by atoms with Crippen molar-refractivity contribution < 1.29 is 24.5 Å². The van der Waals surface area contributed by atoms with Gasteiger partial charge in [0.15, 0.2) is 0 Å². The largest absolute Gasteiger partial charge is 0.466 e. The van der Waals surface area contributed by atoms with Gasteiger partial charge in [0.2, 0.25) is 0 Å². The van der Waals surface area contributed by atoms with E-state index in [1.54, 1.807) is 0 Å². The third kappa shape index (κ3) is 12.2. The first kappa shape index (κ1) is 28.4. The minimum atomic E-state index is -0.325. The number of hydrogen-bond acceptors (Lipinski definition) is 5. The Balaban J connectivity index is 2.51. The molecule has 184 valence electrons. The fourth-order valence-electron chi connectivity index (χ4n) is 4.94. The van der Waals surface area contributed by atoms with Crippen LogP contribution in [0.15, 0.2) is 0 Å². The molecule has 0 aromatic heterocycles. The van der Waals surface area contributed by atoms with E-state index in [0.717, 1.165) is 57.8 Å². The second kappa shape index (κ2) is 15.2. The lowest BCUT2D eigenvalue weighted by Crippen LogP contribution is -2.32. The van der Waals surface area contributed by atoms with E-state index in [1.807, 2.05) is 6.92 Å². The Morgan fingerprint density at radius 1 is 0.968 bits per heavy atom. The van der Waals surface area contributed by atoms with E-state index >= 15 is 0 Å². The van der Waals surface area contributed by atoms with Crippen molar-refractivity contribution in [3.63, 3.8) is 0 Å². The van der Waals surface area contributed by atoms with Gasteiger partial charge in [-0.3, -0.25) is 4.79 Å². The molecule has 1 rings (SSSR count). The lowest BCUT2D eigenvalue weighted by molar-refractivity contribution is -0.143. The number of carbonyl (C=O) groups excluding carboxylic acids is 1. The highest BCUT2D eigenvalue weighted by Crippen LogP contribution is 2.42. The Morgan fingerprint density at radius 2 is 1.68 bits per heavy atom. The quantitative estimate of drug-likeness (QED) is 0.234. The third-order valence-corrected chi connectivity index (χ3v) is 6.45. The van der Waals surface area contributed by atoms with Gasteiger partial charge in [-0.15, -0.1) is 0 Å². The van der Waals surface area contributed by atoms with Gasteiger partial charge in [0.25, 0.3) is 0 Å². The van der Waals surface area contributed by atoms with E-state index in [4.69, 9.17) is 9.47 Å². The van der Waals surface area contributed by atoms with Gasteiger partial charge in [0, 0.05) is 12.8 Å². The molecule has 5 atom stereocenters. The Morgan fingerprint density at radius 3 is 2.32 bits per heavy atom. The average Bonchev–Trinajstić information content (AvgIpc) is 2.95. The average molecular weight is 443 g/mol. The summed E-state index contributed by atoms with van der Waals surface area (Å²) in [6.45, 7) is 10.7. The summed E-state index contributed by atoms with van der Waals surface area (Å²) in [6.07, 6.45) is 11.7. The minimum Gasteiger partial charge on any atom is -0.466 e. The molecule has 0 bridgehead atoms. The van der Waals surface area contributed by atoms with Gasteiger partial charge in [-0.1, -0.05) is 45.4 Å². The molecule has 0 amide bonds. The van der Waals surface area contributed by atoms with Crippen molar-refractivity contribution in [2.75, 3.05) is 6.61 Å². The van der Waals surface area contributed by atoms with Crippen LogP contribution in [0, 0.1) is 11.8 Å². The number of esters is 1. The smallest absolute Gasteiger partial charge is 0.305 e. The van der Waals surface area contributed by atoms with Crippen LogP contribution in [0.3, 0.4) is 0 Å². The molecule has 1 fully saturated rings. The molecule has 1 aliphatic carbocycles. The summed E-state index contributed by atoms with van der Waals surface area (Å²) in [5.41, 5.74) is -0.232. The van der Waals surface area contributed by atoms with Crippen molar-refractivity contribution in [1.82, 2.24) is 0 Å². The van der Waals surface area contributed by atoms with E-state index in [0.29, 0.717) is 25.4 Å². The van der Waals surface area contributed by atoms with Gasteiger partial charge in [-0.25, -0.2) is 0 Å². The van der Waals surface area contributed by atoms with Crippen molar-refractivity contribution in [2.24, 2.45) is 11.8 Å². The molecule has 0 saturated heterocycles. The summed E-state index contributed by atoms with van der Waals surface area (Å²) < 4.78 is 11.3. The molecule has 0 spiro atoms. The van der Waals surface area contributed by atoms with E-state index in [-0.39, 0.29) is 35.8 Å². The van der Waals surface area contributed by atoms with Crippen LogP contribution in [0.4, 0.5) is 0 Å². The molecule has 5 nitrogen and oxygen atoms in total. The monoisotopic (exact) mass is 442 g/mol. The van der Waals surface area contributed by atoms with Gasteiger partial charge in [0.1, 0.15) is 0 Å². The maximum atomic E-state index is 11.4. The fraction of sp³-hybridized carbons (Fsp3) is 0.962. The predicted molar refractivity (Wildman–Crippen MR) is 126 cm³/mol. The van der Waals surface area contributed by atoms with Gasteiger partial charge in [-0.05, 0) is 71.6 Å². The first-order valence-corrected chi connectivity index (χ1v) is 12.9. The molecule has 0 aromatic rings. The number of unbranched alkanes of at least 4 members (excludes halogenated alkanes) is 5. The molecule has 0 radical (unpaired) electrons. The summed E-state index contributed by atoms with van der Waals surface area (Å²) in [7, 11) is 0. The van der Waals surface area contributed by atoms with E-state index in [9.17, 15) is 15.0 Å². The van der Waals surface area contributed by atoms with Crippen LogP contribution >= 0.6 is 0 Å². The zero-order valence-electron chi connectivity index (χ0n) is 20.9. The van der Waals surface area contributed by atoms with Crippen molar-refractivity contribution in [1.29, 1.82) is 0 Å². The molecule has 31 heavy (non-hydrogen) atoms. The van der Waals surface area contributed by atoms with Crippen LogP contribution in [0.25, 0.3) is 0 Å². The topological polar surface area (TPSA) is 76.0 Å². The van der Waals surface area contributed by atoms with Crippen molar-refractivity contribution in [2.45, 2.75) is 142 Å². The van der Waals surface area contributed by atoms with Crippen LogP contribution in [0.1, 0.15) is 118 Å². The van der Waals surface area contributed by atoms with Crippen LogP contribution in [-0.2, 0) is 14.3 Å². The molecule has 2 N–H and O–H groups in total.